The van der Waals surface area contributed by atoms with Crippen LogP contribution in [0.15, 0.2) is 116 Å². The van der Waals surface area contributed by atoms with Gasteiger partial charge in [-0.3, -0.25) is 4.79 Å². The molecule has 0 saturated carbocycles. The van der Waals surface area contributed by atoms with Crippen molar-refractivity contribution in [1.29, 1.82) is 0 Å². The molecular weight excluding hydrogens is 640 g/mol. The highest BCUT2D eigenvalue weighted by Crippen LogP contribution is 2.27. The number of amides is 1. The van der Waals surface area contributed by atoms with Gasteiger partial charge in [0.1, 0.15) is 12.4 Å². The second-order valence-electron chi connectivity index (χ2n) is 8.40. The quantitative estimate of drug-likeness (QED) is 0.123. The summed E-state index contributed by atoms with van der Waals surface area (Å²) >= 11 is 8.45. The number of thiazole rings is 1. The number of carbonyl (C=O) groups excluding carboxylic acids is 1. The average molecular weight is 662 g/mol. The summed E-state index contributed by atoms with van der Waals surface area (Å²) in [7, 11) is 0. The maximum absolute atomic E-state index is 12.7. The Morgan fingerprint density at radius 2 is 1.67 bits per heavy atom. The van der Waals surface area contributed by atoms with Crippen LogP contribution in [0.3, 0.4) is 0 Å². The minimum Gasteiger partial charge on any atom is -0.488 e. The number of para-hydroxylation sites is 1. The van der Waals surface area contributed by atoms with Crippen molar-refractivity contribution in [3.8, 4) is 17.0 Å². The van der Waals surface area contributed by atoms with Crippen LogP contribution in [-0.2, 0) is 6.61 Å². The Balaban J connectivity index is 1.20. The van der Waals surface area contributed by atoms with Crippen molar-refractivity contribution in [2.24, 2.45) is 5.10 Å². The summed E-state index contributed by atoms with van der Waals surface area (Å²) < 4.78 is 7.90. The number of hydrazone groups is 1. The van der Waals surface area contributed by atoms with E-state index in [2.05, 4.69) is 52.7 Å². The normalized spacial score (nSPS) is 10.9. The molecule has 2 N–H and O–H groups in total. The predicted octanol–water partition coefficient (Wildman–Crippen LogP) is 8.42. The number of halogens is 2. The monoisotopic (exact) mass is 660 g/mol. The van der Waals surface area contributed by atoms with Gasteiger partial charge in [-0.05, 0) is 60.2 Å². The largest absolute Gasteiger partial charge is 0.488 e. The molecule has 0 bridgehead atoms. The topological polar surface area (TPSA) is 75.6 Å². The van der Waals surface area contributed by atoms with E-state index in [1.54, 1.807) is 18.3 Å². The van der Waals surface area contributed by atoms with E-state index in [9.17, 15) is 4.79 Å². The zero-order chi connectivity index (χ0) is 27.0. The third-order valence-corrected chi connectivity index (χ3v) is 7.40. The van der Waals surface area contributed by atoms with Gasteiger partial charge in [-0.1, -0.05) is 74.3 Å². The fourth-order valence-corrected chi connectivity index (χ4v) is 5.00. The van der Waals surface area contributed by atoms with Gasteiger partial charge in [0.05, 0.1) is 11.9 Å². The molecule has 0 unspecified atom stereocenters. The third kappa shape index (κ3) is 7.41. The number of nitrogens with one attached hydrogen (secondary N) is 2. The Hall–Kier alpha value is -3.79. The number of hydrogen-bond donors (Lipinski definition) is 2. The lowest BCUT2D eigenvalue weighted by atomic mass is 10.1. The van der Waals surface area contributed by atoms with Gasteiger partial charge in [0.25, 0.3) is 5.91 Å². The van der Waals surface area contributed by atoms with E-state index >= 15 is 0 Å². The Labute approximate surface area is 247 Å². The summed E-state index contributed by atoms with van der Waals surface area (Å²) in [5, 5.41) is 10.3. The highest BCUT2D eigenvalue weighted by atomic mass is 79.9. The van der Waals surface area contributed by atoms with Crippen LogP contribution in [0, 0.1) is 0 Å². The molecule has 194 valence electrons. The van der Waals surface area contributed by atoms with Crippen LogP contribution in [-0.4, -0.2) is 17.1 Å². The maximum atomic E-state index is 12.7. The maximum Gasteiger partial charge on any atom is 0.271 e. The first-order valence-electron chi connectivity index (χ1n) is 11.9. The van der Waals surface area contributed by atoms with Gasteiger partial charge >= 0.3 is 0 Å². The zero-order valence-corrected chi connectivity index (χ0v) is 24.5. The van der Waals surface area contributed by atoms with E-state index in [4.69, 9.17) is 4.74 Å². The molecule has 1 heterocycles. The van der Waals surface area contributed by atoms with Gasteiger partial charge in [-0.15, -0.1) is 11.3 Å². The standard InChI is InChI=1S/C30H22Br2N4O2S/c31-24-12-6-20(7-13-24)18-38-28-15-14-25(32)16-23(28)17-33-36-29(37)22-10-8-21(9-11-22)27-19-39-30(35-27)34-26-4-2-1-3-5-26/h1-17,19H,18H2,(H,34,35)(H,36,37)/b33-17-. The molecule has 5 aromatic rings. The molecule has 0 fully saturated rings. The van der Waals surface area contributed by atoms with Gasteiger partial charge in [0, 0.05) is 36.7 Å². The first-order chi connectivity index (χ1) is 19.0. The van der Waals surface area contributed by atoms with E-state index in [1.165, 1.54) is 11.3 Å². The van der Waals surface area contributed by atoms with Crippen LogP contribution in [0.2, 0.25) is 0 Å². The Bertz CT molecular complexity index is 1590. The van der Waals surface area contributed by atoms with Crippen molar-refractivity contribution in [3.05, 3.63) is 128 Å². The highest BCUT2D eigenvalue weighted by Gasteiger charge is 2.09. The molecule has 1 amide bonds. The SMILES string of the molecule is O=C(N/N=C\c1cc(Br)ccc1OCc1ccc(Br)cc1)c1ccc(-c2csc(Nc3ccccc3)n2)cc1. The molecule has 0 aliphatic rings. The third-order valence-electron chi connectivity index (χ3n) is 5.62. The smallest absolute Gasteiger partial charge is 0.271 e. The Kier molecular flexibility index (Phi) is 8.82. The predicted molar refractivity (Wildman–Crippen MR) is 165 cm³/mol. The van der Waals surface area contributed by atoms with Gasteiger partial charge in [0.15, 0.2) is 5.13 Å². The fraction of sp³-hybridized carbons (Fsp3) is 0.0333. The van der Waals surface area contributed by atoms with Gasteiger partial charge in [-0.2, -0.15) is 5.10 Å². The molecular formula is C30H22Br2N4O2S. The minimum atomic E-state index is -0.310. The first-order valence-corrected chi connectivity index (χ1v) is 14.4. The lowest BCUT2D eigenvalue weighted by molar-refractivity contribution is 0.0955. The van der Waals surface area contributed by atoms with Crippen molar-refractivity contribution in [2.45, 2.75) is 6.61 Å². The van der Waals surface area contributed by atoms with Gasteiger partial charge < -0.3 is 10.1 Å². The van der Waals surface area contributed by atoms with Crippen molar-refractivity contribution >= 4 is 66.1 Å². The van der Waals surface area contributed by atoms with E-state index in [0.29, 0.717) is 17.9 Å². The zero-order valence-electron chi connectivity index (χ0n) is 20.5. The second kappa shape index (κ2) is 12.8. The van der Waals surface area contributed by atoms with Gasteiger partial charge in [-0.25, -0.2) is 10.4 Å². The molecule has 1 aromatic heterocycles. The Morgan fingerprint density at radius 3 is 2.44 bits per heavy atom. The van der Waals surface area contributed by atoms with Crippen LogP contribution in [0.4, 0.5) is 10.8 Å². The number of aromatic nitrogens is 1. The molecule has 0 saturated heterocycles. The van der Waals surface area contributed by atoms with E-state index in [1.807, 2.05) is 90.3 Å². The first kappa shape index (κ1) is 26.8. The number of rotatable bonds is 9. The summed E-state index contributed by atoms with van der Waals surface area (Å²) in [4.78, 5) is 17.3. The summed E-state index contributed by atoms with van der Waals surface area (Å²) in [6.45, 7) is 0.414. The van der Waals surface area contributed by atoms with Crippen LogP contribution >= 0.6 is 43.2 Å². The molecule has 6 nitrogen and oxygen atoms in total. The molecule has 4 aromatic carbocycles. The number of ether oxygens (including phenoxy) is 1. The lowest BCUT2D eigenvalue weighted by Gasteiger charge is -2.10. The van der Waals surface area contributed by atoms with Crippen molar-refractivity contribution < 1.29 is 9.53 Å². The number of benzene rings is 4. The number of anilines is 2. The molecule has 0 aliphatic heterocycles. The second-order valence-corrected chi connectivity index (χ2v) is 11.1. The van der Waals surface area contributed by atoms with Crippen molar-refractivity contribution in [3.63, 3.8) is 0 Å². The molecule has 9 heteroatoms. The number of nitrogens with zero attached hydrogens (tertiary/aromatic N) is 2. The molecule has 5 rings (SSSR count). The van der Waals surface area contributed by atoms with E-state index < -0.39 is 0 Å². The van der Waals surface area contributed by atoms with Crippen LogP contribution in [0.25, 0.3) is 11.3 Å². The Morgan fingerprint density at radius 1 is 0.923 bits per heavy atom. The van der Waals surface area contributed by atoms with Gasteiger partial charge in [0.2, 0.25) is 0 Å². The van der Waals surface area contributed by atoms with Crippen molar-refractivity contribution in [1.82, 2.24) is 10.4 Å². The molecule has 0 aliphatic carbocycles. The minimum absolute atomic E-state index is 0.310. The summed E-state index contributed by atoms with van der Waals surface area (Å²) in [6.07, 6.45) is 1.57. The number of hydrogen-bond acceptors (Lipinski definition) is 6. The average Bonchev–Trinajstić information content (AvgIpc) is 3.42. The molecule has 39 heavy (non-hydrogen) atoms. The summed E-state index contributed by atoms with van der Waals surface area (Å²) in [5.41, 5.74) is 7.62. The molecule has 0 spiro atoms. The van der Waals surface area contributed by atoms with E-state index in [-0.39, 0.29) is 5.91 Å². The van der Waals surface area contributed by atoms with Crippen molar-refractivity contribution in [2.75, 3.05) is 5.32 Å². The van der Waals surface area contributed by atoms with Crippen LogP contribution in [0.1, 0.15) is 21.5 Å². The van der Waals surface area contributed by atoms with Crippen LogP contribution in [0.5, 0.6) is 5.75 Å². The fourth-order valence-electron chi connectivity index (χ4n) is 3.62. The number of carbonyl (C=O) groups is 1. The highest BCUT2D eigenvalue weighted by molar-refractivity contribution is 9.10. The van der Waals surface area contributed by atoms with Crippen LogP contribution < -0.4 is 15.5 Å². The molecule has 0 radical (unpaired) electrons. The summed E-state index contributed by atoms with van der Waals surface area (Å²) in [5.74, 6) is 0.350. The lowest BCUT2D eigenvalue weighted by Crippen LogP contribution is -2.17. The molecule has 0 atom stereocenters. The van der Waals surface area contributed by atoms with E-state index in [0.717, 1.165) is 42.1 Å². The summed E-state index contributed by atoms with van der Waals surface area (Å²) in [6, 6.07) is 30.8.